The number of urea groups is 1. The SMILES string of the molecule is Cc1ccncc1N1CCN(c2ccc(C#N)cc2)C1=O. The van der Waals surface area contributed by atoms with Gasteiger partial charge >= 0.3 is 6.03 Å². The number of carbonyl (C=O) groups excluding carboxylic acids is 1. The second kappa shape index (κ2) is 5.25. The Bertz CT molecular complexity index is 718. The van der Waals surface area contributed by atoms with Crippen LogP contribution in [-0.4, -0.2) is 24.1 Å². The molecule has 5 nitrogen and oxygen atoms in total. The number of hydrogen-bond acceptors (Lipinski definition) is 3. The molecule has 0 aliphatic carbocycles. The molecule has 0 spiro atoms. The number of aromatic nitrogens is 1. The molecule has 2 aromatic rings. The lowest BCUT2D eigenvalue weighted by Crippen LogP contribution is -2.32. The largest absolute Gasteiger partial charge is 0.329 e. The molecule has 1 aliphatic heterocycles. The zero-order chi connectivity index (χ0) is 14.8. The van der Waals surface area contributed by atoms with Crippen LogP contribution in [0.4, 0.5) is 16.2 Å². The number of nitrogens with zero attached hydrogens (tertiary/aromatic N) is 4. The van der Waals surface area contributed by atoms with Crippen LogP contribution in [0.15, 0.2) is 42.7 Å². The Kier molecular flexibility index (Phi) is 3.28. The summed E-state index contributed by atoms with van der Waals surface area (Å²) in [7, 11) is 0. The third-order valence-electron chi connectivity index (χ3n) is 3.62. The quantitative estimate of drug-likeness (QED) is 0.848. The average Bonchev–Trinajstić information content (AvgIpc) is 2.89. The predicted molar refractivity (Wildman–Crippen MR) is 80.2 cm³/mol. The van der Waals surface area contributed by atoms with Crippen molar-refractivity contribution in [1.82, 2.24) is 4.98 Å². The van der Waals surface area contributed by atoms with Gasteiger partial charge in [-0.15, -0.1) is 0 Å². The van der Waals surface area contributed by atoms with E-state index in [4.69, 9.17) is 5.26 Å². The maximum absolute atomic E-state index is 12.6. The summed E-state index contributed by atoms with van der Waals surface area (Å²) in [6.45, 7) is 3.22. The van der Waals surface area contributed by atoms with Crippen molar-refractivity contribution in [2.45, 2.75) is 6.92 Å². The summed E-state index contributed by atoms with van der Waals surface area (Å²) in [6, 6.07) is 11.0. The van der Waals surface area contributed by atoms with Crippen molar-refractivity contribution in [2.75, 3.05) is 22.9 Å². The molecule has 0 bridgehead atoms. The molecular weight excluding hydrogens is 264 g/mol. The fourth-order valence-electron chi connectivity index (χ4n) is 2.45. The molecule has 5 heteroatoms. The van der Waals surface area contributed by atoms with E-state index in [1.807, 2.05) is 13.0 Å². The highest BCUT2D eigenvalue weighted by atomic mass is 16.2. The predicted octanol–water partition coefficient (Wildman–Crippen LogP) is 2.71. The van der Waals surface area contributed by atoms with Crippen LogP contribution >= 0.6 is 0 Å². The van der Waals surface area contributed by atoms with Gasteiger partial charge in [0.2, 0.25) is 0 Å². The van der Waals surface area contributed by atoms with Crippen LogP contribution in [-0.2, 0) is 0 Å². The van der Waals surface area contributed by atoms with Crippen molar-refractivity contribution >= 4 is 17.4 Å². The average molecular weight is 278 g/mol. The van der Waals surface area contributed by atoms with Crippen LogP contribution in [0.2, 0.25) is 0 Å². The number of nitriles is 1. The van der Waals surface area contributed by atoms with Crippen molar-refractivity contribution < 1.29 is 4.79 Å². The van der Waals surface area contributed by atoms with E-state index < -0.39 is 0 Å². The van der Waals surface area contributed by atoms with Crippen molar-refractivity contribution in [3.8, 4) is 6.07 Å². The number of benzene rings is 1. The number of pyridine rings is 1. The van der Waals surface area contributed by atoms with Crippen molar-refractivity contribution in [1.29, 1.82) is 5.26 Å². The topological polar surface area (TPSA) is 60.2 Å². The molecule has 1 aromatic heterocycles. The molecule has 0 radical (unpaired) electrons. The van der Waals surface area contributed by atoms with Crippen LogP contribution in [0, 0.1) is 18.3 Å². The molecule has 1 aromatic carbocycles. The summed E-state index contributed by atoms with van der Waals surface area (Å²) in [5.41, 5.74) is 3.27. The number of carbonyl (C=O) groups is 1. The molecule has 104 valence electrons. The Morgan fingerprint density at radius 3 is 2.52 bits per heavy atom. The number of hydrogen-bond donors (Lipinski definition) is 0. The first-order valence-electron chi connectivity index (χ1n) is 6.70. The molecule has 1 saturated heterocycles. The summed E-state index contributed by atoms with van der Waals surface area (Å²) in [5, 5.41) is 8.82. The number of amides is 2. The summed E-state index contributed by atoms with van der Waals surface area (Å²) < 4.78 is 0. The van der Waals surface area contributed by atoms with Gasteiger partial charge in [0.1, 0.15) is 0 Å². The lowest BCUT2D eigenvalue weighted by Gasteiger charge is -2.19. The molecule has 0 N–H and O–H groups in total. The van der Waals surface area contributed by atoms with Crippen LogP contribution < -0.4 is 9.80 Å². The zero-order valence-electron chi connectivity index (χ0n) is 11.7. The van der Waals surface area contributed by atoms with Crippen LogP contribution in [0.1, 0.15) is 11.1 Å². The van der Waals surface area contributed by atoms with Gasteiger partial charge in [0, 0.05) is 25.0 Å². The highest BCUT2D eigenvalue weighted by molar-refractivity contribution is 6.06. The van der Waals surface area contributed by atoms with E-state index in [2.05, 4.69) is 11.1 Å². The van der Waals surface area contributed by atoms with Gasteiger partial charge < -0.3 is 0 Å². The standard InChI is InChI=1S/C16H14N4O/c1-12-6-7-18-11-15(12)20-9-8-19(16(20)21)14-4-2-13(10-17)3-5-14/h2-7,11H,8-9H2,1H3. The summed E-state index contributed by atoms with van der Waals surface area (Å²) in [6.07, 6.45) is 3.44. The molecular formula is C16H14N4O. The summed E-state index contributed by atoms with van der Waals surface area (Å²) >= 11 is 0. The maximum Gasteiger partial charge on any atom is 0.329 e. The Hall–Kier alpha value is -2.87. The fourth-order valence-corrected chi connectivity index (χ4v) is 2.45. The van der Waals surface area contributed by atoms with Gasteiger partial charge in [-0.3, -0.25) is 14.8 Å². The van der Waals surface area contributed by atoms with Crippen LogP contribution in [0.25, 0.3) is 0 Å². The Morgan fingerprint density at radius 2 is 1.86 bits per heavy atom. The number of anilines is 2. The van der Waals surface area contributed by atoms with Gasteiger partial charge in [-0.2, -0.15) is 5.26 Å². The molecule has 0 atom stereocenters. The summed E-state index contributed by atoms with van der Waals surface area (Å²) in [4.78, 5) is 20.1. The van der Waals surface area contributed by atoms with E-state index in [-0.39, 0.29) is 6.03 Å². The van der Waals surface area contributed by atoms with Crippen molar-refractivity contribution in [3.05, 3.63) is 53.9 Å². The zero-order valence-corrected chi connectivity index (χ0v) is 11.7. The lowest BCUT2D eigenvalue weighted by molar-refractivity contribution is 0.256. The fraction of sp³-hybridized carbons (Fsp3) is 0.188. The monoisotopic (exact) mass is 278 g/mol. The molecule has 0 saturated carbocycles. The van der Waals surface area contributed by atoms with E-state index in [9.17, 15) is 4.79 Å². The first-order valence-corrected chi connectivity index (χ1v) is 6.70. The van der Waals surface area contributed by atoms with Gasteiger partial charge in [0.25, 0.3) is 0 Å². The Balaban J connectivity index is 1.86. The van der Waals surface area contributed by atoms with Gasteiger partial charge in [-0.1, -0.05) is 0 Å². The van der Waals surface area contributed by atoms with Gasteiger partial charge in [-0.25, -0.2) is 4.79 Å². The molecule has 21 heavy (non-hydrogen) atoms. The van der Waals surface area contributed by atoms with E-state index in [0.29, 0.717) is 18.7 Å². The molecule has 3 rings (SSSR count). The third kappa shape index (κ3) is 2.32. The molecule has 0 unspecified atom stereocenters. The second-order valence-corrected chi connectivity index (χ2v) is 4.91. The van der Waals surface area contributed by atoms with Gasteiger partial charge in [-0.05, 0) is 42.8 Å². The van der Waals surface area contributed by atoms with Crippen molar-refractivity contribution in [2.24, 2.45) is 0 Å². The van der Waals surface area contributed by atoms with Gasteiger partial charge in [0.05, 0.1) is 23.5 Å². The minimum atomic E-state index is -0.0594. The first kappa shape index (κ1) is 13.1. The maximum atomic E-state index is 12.6. The minimum absolute atomic E-state index is 0.0594. The summed E-state index contributed by atoms with van der Waals surface area (Å²) in [5.74, 6) is 0. The van der Waals surface area contributed by atoms with Gasteiger partial charge in [0.15, 0.2) is 0 Å². The van der Waals surface area contributed by atoms with E-state index >= 15 is 0 Å². The van der Waals surface area contributed by atoms with Crippen LogP contribution in [0.5, 0.6) is 0 Å². The lowest BCUT2D eigenvalue weighted by atomic mass is 10.2. The number of rotatable bonds is 2. The van der Waals surface area contributed by atoms with E-state index in [1.54, 1.807) is 46.5 Å². The highest BCUT2D eigenvalue weighted by Crippen LogP contribution is 2.26. The number of aryl methyl sites for hydroxylation is 1. The molecule has 1 fully saturated rings. The first-order chi connectivity index (χ1) is 10.2. The smallest absolute Gasteiger partial charge is 0.292 e. The van der Waals surface area contributed by atoms with Crippen molar-refractivity contribution in [3.63, 3.8) is 0 Å². The normalized spacial score (nSPS) is 14.4. The van der Waals surface area contributed by atoms with E-state index in [1.165, 1.54) is 0 Å². The second-order valence-electron chi connectivity index (χ2n) is 4.91. The molecule has 1 aliphatic rings. The highest BCUT2D eigenvalue weighted by Gasteiger charge is 2.31. The third-order valence-corrected chi connectivity index (χ3v) is 3.62. The van der Waals surface area contributed by atoms with Crippen LogP contribution in [0.3, 0.4) is 0 Å². The minimum Gasteiger partial charge on any atom is -0.292 e. The Morgan fingerprint density at radius 1 is 1.14 bits per heavy atom. The molecule has 2 heterocycles. The Labute approximate surface area is 123 Å². The van der Waals surface area contributed by atoms with E-state index in [0.717, 1.165) is 16.9 Å². The molecule has 2 amide bonds.